The molecule has 9 nitrogen and oxygen atoms in total. The number of pyridine rings is 1. The van der Waals surface area contributed by atoms with Crippen LogP contribution in [0.25, 0.3) is 0 Å². The summed E-state index contributed by atoms with van der Waals surface area (Å²) in [7, 11) is -2.73. The first-order valence-electron chi connectivity index (χ1n) is 11.0. The zero-order chi connectivity index (χ0) is 23.4. The number of esters is 1. The molecule has 2 aromatic rings. The number of hydrogen-bond donors (Lipinski definition) is 0. The topological polar surface area (TPSA) is 104 Å². The third kappa shape index (κ3) is 4.91. The van der Waals surface area contributed by atoms with E-state index in [2.05, 4.69) is 4.98 Å². The lowest BCUT2D eigenvalue weighted by Gasteiger charge is -2.30. The lowest BCUT2D eigenvalue weighted by Crippen LogP contribution is -2.38. The van der Waals surface area contributed by atoms with E-state index in [0.717, 1.165) is 18.5 Å². The van der Waals surface area contributed by atoms with Crippen molar-refractivity contribution in [2.24, 2.45) is 5.92 Å². The van der Waals surface area contributed by atoms with E-state index in [4.69, 9.17) is 18.9 Å². The van der Waals surface area contributed by atoms with Gasteiger partial charge in [-0.3, -0.25) is 4.31 Å². The van der Waals surface area contributed by atoms with E-state index in [1.807, 2.05) is 6.92 Å². The normalized spacial score (nSPS) is 16.6. The number of hydrogen-bond acceptors (Lipinski definition) is 8. The van der Waals surface area contributed by atoms with Gasteiger partial charge in [-0.2, -0.15) is 0 Å². The van der Waals surface area contributed by atoms with E-state index in [-0.39, 0.29) is 29.5 Å². The van der Waals surface area contributed by atoms with Crippen LogP contribution in [0.1, 0.15) is 35.8 Å². The maximum Gasteiger partial charge on any atom is 0.341 e. The van der Waals surface area contributed by atoms with Gasteiger partial charge in [-0.25, -0.2) is 18.2 Å². The molecule has 10 heteroatoms. The molecule has 0 spiro atoms. The molecule has 1 aromatic carbocycles. The SMILES string of the molecule is CCc1ccc2c(n1)OCCN2S(=O)(=O)c1ccc(OCC2CCOCC2)c(C(=O)OC)c1. The molecule has 0 unspecified atom stereocenters. The number of carbonyl (C=O) groups is 1. The Bertz CT molecular complexity index is 1110. The number of methoxy groups -OCH3 is 1. The first-order valence-corrected chi connectivity index (χ1v) is 12.5. The van der Waals surface area contributed by atoms with Crippen molar-refractivity contribution in [2.75, 3.05) is 44.4 Å². The Balaban J connectivity index is 1.63. The smallest absolute Gasteiger partial charge is 0.341 e. The van der Waals surface area contributed by atoms with Crippen molar-refractivity contribution < 1.29 is 32.2 Å². The third-order valence-electron chi connectivity index (χ3n) is 5.82. The molecule has 0 N–H and O–H groups in total. The molecule has 178 valence electrons. The standard InChI is InChI=1S/C23H28N2O7S/c1-3-17-4-6-20-22(24-17)31-13-10-25(20)33(27,28)18-5-7-21(19(14-18)23(26)29-2)32-15-16-8-11-30-12-9-16/h4-7,14,16H,3,8-13,15H2,1-2H3. The first kappa shape index (κ1) is 23.3. The average Bonchev–Trinajstić information content (AvgIpc) is 2.86. The number of aromatic nitrogens is 1. The van der Waals surface area contributed by atoms with Gasteiger partial charge >= 0.3 is 5.97 Å². The predicted octanol–water partition coefficient (Wildman–Crippen LogP) is 2.82. The highest BCUT2D eigenvalue weighted by molar-refractivity contribution is 7.92. The van der Waals surface area contributed by atoms with Crippen LogP contribution in [0.2, 0.25) is 0 Å². The van der Waals surface area contributed by atoms with Crippen LogP contribution in [0.15, 0.2) is 35.2 Å². The number of anilines is 1. The van der Waals surface area contributed by atoms with Crippen LogP contribution in [0.3, 0.4) is 0 Å². The molecule has 0 bridgehead atoms. The van der Waals surface area contributed by atoms with Crippen LogP contribution < -0.4 is 13.8 Å². The summed E-state index contributed by atoms with van der Waals surface area (Å²) in [5.41, 5.74) is 1.25. The molecule has 0 radical (unpaired) electrons. The van der Waals surface area contributed by atoms with Crippen molar-refractivity contribution >= 4 is 21.7 Å². The number of aryl methyl sites for hydroxylation is 1. The predicted molar refractivity (Wildman–Crippen MR) is 120 cm³/mol. The van der Waals surface area contributed by atoms with Gasteiger partial charge in [0.2, 0.25) is 5.88 Å². The van der Waals surface area contributed by atoms with Gasteiger partial charge in [0.25, 0.3) is 10.0 Å². The van der Waals surface area contributed by atoms with Gasteiger partial charge in [-0.15, -0.1) is 0 Å². The Labute approximate surface area is 193 Å². The Morgan fingerprint density at radius 1 is 1.18 bits per heavy atom. The molecule has 2 aliphatic rings. The molecule has 0 aliphatic carbocycles. The lowest BCUT2D eigenvalue weighted by atomic mass is 10.0. The molecule has 4 rings (SSSR count). The van der Waals surface area contributed by atoms with Crippen molar-refractivity contribution in [1.29, 1.82) is 0 Å². The molecule has 0 amide bonds. The molecule has 1 saturated heterocycles. The maximum atomic E-state index is 13.5. The zero-order valence-corrected chi connectivity index (χ0v) is 19.6. The monoisotopic (exact) mass is 476 g/mol. The summed E-state index contributed by atoms with van der Waals surface area (Å²) in [6.45, 7) is 4.07. The maximum absolute atomic E-state index is 13.5. The fraction of sp³-hybridized carbons (Fsp3) is 0.478. The third-order valence-corrected chi connectivity index (χ3v) is 7.63. The molecule has 2 aliphatic heterocycles. The Morgan fingerprint density at radius 3 is 2.70 bits per heavy atom. The minimum Gasteiger partial charge on any atom is -0.492 e. The summed E-state index contributed by atoms with van der Waals surface area (Å²) in [6, 6.07) is 7.75. The van der Waals surface area contributed by atoms with Crippen molar-refractivity contribution in [3.63, 3.8) is 0 Å². The fourth-order valence-corrected chi connectivity index (χ4v) is 5.35. The second kappa shape index (κ2) is 9.96. The second-order valence-electron chi connectivity index (χ2n) is 7.92. The summed E-state index contributed by atoms with van der Waals surface area (Å²) in [6.07, 6.45) is 2.47. The number of sulfonamides is 1. The van der Waals surface area contributed by atoms with Crippen LogP contribution in [0.5, 0.6) is 11.6 Å². The largest absolute Gasteiger partial charge is 0.492 e. The summed E-state index contributed by atoms with van der Waals surface area (Å²) in [5.74, 6) is 0.237. The fourth-order valence-electron chi connectivity index (χ4n) is 3.87. The van der Waals surface area contributed by atoms with Gasteiger partial charge in [-0.05, 0) is 55.5 Å². The van der Waals surface area contributed by atoms with Crippen molar-refractivity contribution in [3.05, 3.63) is 41.6 Å². The Hall–Kier alpha value is -2.85. The van der Waals surface area contributed by atoms with Crippen molar-refractivity contribution in [3.8, 4) is 11.6 Å². The van der Waals surface area contributed by atoms with Gasteiger partial charge in [0.1, 0.15) is 23.6 Å². The van der Waals surface area contributed by atoms with E-state index < -0.39 is 16.0 Å². The average molecular weight is 477 g/mol. The summed E-state index contributed by atoms with van der Waals surface area (Å²) < 4.78 is 50.0. The summed E-state index contributed by atoms with van der Waals surface area (Å²) in [5, 5.41) is 0. The van der Waals surface area contributed by atoms with Gasteiger partial charge in [-0.1, -0.05) is 6.92 Å². The minimum absolute atomic E-state index is 0.0336. The minimum atomic E-state index is -3.98. The zero-order valence-electron chi connectivity index (χ0n) is 18.8. The highest BCUT2D eigenvalue weighted by Crippen LogP contribution is 2.35. The number of ether oxygens (including phenoxy) is 4. The highest BCUT2D eigenvalue weighted by Gasteiger charge is 2.32. The molecular formula is C23H28N2O7S. The quantitative estimate of drug-likeness (QED) is 0.562. The Kier molecular flexibility index (Phi) is 7.04. The van der Waals surface area contributed by atoms with Crippen molar-refractivity contribution in [1.82, 2.24) is 4.98 Å². The molecule has 1 fully saturated rings. The molecular weight excluding hydrogens is 448 g/mol. The van der Waals surface area contributed by atoms with E-state index in [1.54, 1.807) is 12.1 Å². The molecule has 1 aromatic heterocycles. The van der Waals surface area contributed by atoms with Crippen LogP contribution in [-0.4, -0.2) is 59.5 Å². The molecule has 3 heterocycles. The van der Waals surface area contributed by atoms with E-state index >= 15 is 0 Å². The van der Waals surface area contributed by atoms with E-state index in [1.165, 1.54) is 29.6 Å². The van der Waals surface area contributed by atoms with Crippen LogP contribution >= 0.6 is 0 Å². The van der Waals surface area contributed by atoms with E-state index in [0.29, 0.717) is 43.6 Å². The number of benzene rings is 1. The second-order valence-corrected chi connectivity index (χ2v) is 9.78. The van der Waals surface area contributed by atoms with Crippen molar-refractivity contribution in [2.45, 2.75) is 31.1 Å². The molecule has 0 atom stereocenters. The number of rotatable bonds is 7. The molecule has 0 saturated carbocycles. The first-order chi connectivity index (χ1) is 15.9. The lowest BCUT2D eigenvalue weighted by molar-refractivity contribution is 0.0483. The molecule has 33 heavy (non-hydrogen) atoms. The number of nitrogens with zero attached hydrogens (tertiary/aromatic N) is 2. The van der Waals surface area contributed by atoms with Gasteiger partial charge in [0, 0.05) is 18.9 Å². The van der Waals surface area contributed by atoms with E-state index in [9.17, 15) is 13.2 Å². The summed E-state index contributed by atoms with van der Waals surface area (Å²) >= 11 is 0. The summed E-state index contributed by atoms with van der Waals surface area (Å²) in [4.78, 5) is 16.8. The Morgan fingerprint density at radius 2 is 1.97 bits per heavy atom. The van der Waals surface area contributed by atoms with Gasteiger partial charge in [0.15, 0.2) is 0 Å². The van der Waals surface area contributed by atoms with Gasteiger partial charge < -0.3 is 18.9 Å². The highest BCUT2D eigenvalue weighted by atomic mass is 32.2. The van der Waals surface area contributed by atoms with Crippen LogP contribution in [-0.2, 0) is 25.9 Å². The van der Waals surface area contributed by atoms with Crippen LogP contribution in [0.4, 0.5) is 5.69 Å². The van der Waals surface area contributed by atoms with Gasteiger partial charge in [0.05, 0.1) is 25.2 Å². The number of fused-ring (bicyclic) bond motifs is 1. The van der Waals surface area contributed by atoms with Crippen LogP contribution in [0, 0.1) is 5.92 Å². The number of carbonyl (C=O) groups excluding carboxylic acids is 1.